The van der Waals surface area contributed by atoms with Crippen molar-refractivity contribution in [3.05, 3.63) is 12.3 Å². The van der Waals surface area contributed by atoms with E-state index >= 15 is 0 Å². The number of aromatic nitrogens is 2. The molecule has 0 saturated carbocycles. The molecule has 5 heteroatoms. The van der Waals surface area contributed by atoms with E-state index in [9.17, 15) is 0 Å². The van der Waals surface area contributed by atoms with Crippen molar-refractivity contribution in [2.45, 2.75) is 18.9 Å². The first-order valence-electron chi connectivity index (χ1n) is 6.60. The van der Waals surface area contributed by atoms with Gasteiger partial charge >= 0.3 is 6.01 Å². The fraction of sp³-hybridized carbons (Fsp3) is 0.692. The summed E-state index contributed by atoms with van der Waals surface area (Å²) in [4.78, 5) is 13.4. The van der Waals surface area contributed by atoms with Crippen molar-refractivity contribution < 1.29 is 4.74 Å². The Morgan fingerprint density at radius 3 is 3.06 bits per heavy atom. The average molecular weight is 248 g/mol. The lowest BCUT2D eigenvalue weighted by Crippen LogP contribution is -2.44. The molecule has 18 heavy (non-hydrogen) atoms. The number of ether oxygens (including phenoxy) is 1. The zero-order chi connectivity index (χ0) is 12.5. The van der Waals surface area contributed by atoms with Crippen molar-refractivity contribution in [2.24, 2.45) is 5.92 Å². The fourth-order valence-electron chi connectivity index (χ4n) is 3.24. The summed E-state index contributed by atoms with van der Waals surface area (Å²) in [5.74, 6) is 1.80. The van der Waals surface area contributed by atoms with E-state index in [1.807, 2.05) is 6.07 Å². The van der Waals surface area contributed by atoms with Gasteiger partial charge in [-0.05, 0) is 38.4 Å². The molecule has 2 aliphatic rings. The number of hydrogen-bond donors (Lipinski definition) is 0. The highest BCUT2D eigenvalue weighted by Crippen LogP contribution is 2.33. The molecule has 0 aliphatic carbocycles. The van der Waals surface area contributed by atoms with Crippen molar-refractivity contribution >= 4 is 5.82 Å². The van der Waals surface area contributed by atoms with Gasteiger partial charge in [-0.2, -0.15) is 4.98 Å². The summed E-state index contributed by atoms with van der Waals surface area (Å²) in [7, 11) is 3.83. The highest BCUT2D eigenvalue weighted by molar-refractivity contribution is 5.41. The number of hydrogen-bond acceptors (Lipinski definition) is 5. The largest absolute Gasteiger partial charge is 0.467 e. The van der Waals surface area contributed by atoms with E-state index in [1.165, 1.54) is 25.9 Å². The SMILES string of the molecule is COc1nccc(N2CC[C@@H]3CN(C)CCC32)n1. The Balaban J connectivity index is 1.80. The van der Waals surface area contributed by atoms with Gasteiger partial charge in [-0.1, -0.05) is 0 Å². The minimum absolute atomic E-state index is 0.462. The maximum atomic E-state index is 5.11. The van der Waals surface area contributed by atoms with E-state index in [0.29, 0.717) is 12.1 Å². The second-order valence-electron chi connectivity index (χ2n) is 5.26. The highest BCUT2D eigenvalue weighted by atomic mass is 16.5. The van der Waals surface area contributed by atoms with E-state index < -0.39 is 0 Å². The van der Waals surface area contributed by atoms with Crippen LogP contribution < -0.4 is 9.64 Å². The zero-order valence-corrected chi connectivity index (χ0v) is 11.0. The lowest BCUT2D eigenvalue weighted by Gasteiger charge is -2.36. The van der Waals surface area contributed by atoms with Crippen molar-refractivity contribution in [1.82, 2.24) is 14.9 Å². The Bertz CT molecular complexity index is 425. The molecule has 0 amide bonds. The van der Waals surface area contributed by atoms with E-state index in [0.717, 1.165) is 18.3 Å². The van der Waals surface area contributed by atoms with Crippen LogP contribution in [-0.4, -0.2) is 54.7 Å². The van der Waals surface area contributed by atoms with Crippen molar-refractivity contribution in [3.8, 4) is 6.01 Å². The molecule has 1 unspecified atom stereocenters. The smallest absolute Gasteiger partial charge is 0.318 e. The van der Waals surface area contributed by atoms with Gasteiger partial charge in [-0.15, -0.1) is 0 Å². The molecule has 2 fully saturated rings. The Labute approximate surface area is 108 Å². The number of fused-ring (bicyclic) bond motifs is 1. The molecule has 2 aliphatic heterocycles. The third kappa shape index (κ3) is 2.03. The molecule has 0 N–H and O–H groups in total. The first kappa shape index (κ1) is 11.7. The van der Waals surface area contributed by atoms with Gasteiger partial charge in [0.05, 0.1) is 7.11 Å². The Kier molecular flexibility index (Phi) is 3.07. The quantitative estimate of drug-likeness (QED) is 0.781. The van der Waals surface area contributed by atoms with Crippen LogP contribution in [0.3, 0.4) is 0 Å². The lowest BCUT2D eigenvalue weighted by atomic mass is 9.93. The van der Waals surface area contributed by atoms with Crippen LogP contribution in [0, 0.1) is 5.92 Å². The second-order valence-corrected chi connectivity index (χ2v) is 5.26. The fourth-order valence-corrected chi connectivity index (χ4v) is 3.24. The molecule has 2 atom stereocenters. The van der Waals surface area contributed by atoms with Crippen LogP contribution in [0.1, 0.15) is 12.8 Å². The Morgan fingerprint density at radius 1 is 1.33 bits per heavy atom. The summed E-state index contributed by atoms with van der Waals surface area (Å²) in [6.45, 7) is 3.49. The number of nitrogens with zero attached hydrogens (tertiary/aromatic N) is 4. The van der Waals surface area contributed by atoms with Gasteiger partial charge in [0.25, 0.3) is 0 Å². The zero-order valence-electron chi connectivity index (χ0n) is 11.0. The van der Waals surface area contributed by atoms with Crippen molar-refractivity contribution in [3.63, 3.8) is 0 Å². The summed E-state index contributed by atoms with van der Waals surface area (Å²) in [5, 5.41) is 0. The number of rotatable bonds is 2. The van der Waals surface area contributed by atoms with Crippen LogP contribution in [0.4, 0.5) is 5.82 Å². The minimum Gasteiger partial charge on any atom is -0.467 e. The summed E-state index contributed by atoms with van der Waals surface area (Å²) < 4.78 is 5.11. The lowest BCUT2D eigenvalue weighted by molar-refractivity contribution is 0.202. The average Bonchev–Trinajstić information content (AvgIpc) is 2.81. The third-order valence-electron chi connectivity index (χ3n) is 4.13. The number of methoxy groups -OCH3 is 1. The normalized spacial score (nSPS) is 28.2. The molecule has 0 aromatic carbocycles. The molecular formula is C13H20N4O. The van der Waals surface area contributed by atoms with Gasteiger partial charge in [0.2, 0.25) is 0 Å². The van der Waals surface area contributed by atoms with Crippen LogP contribution in [0.5, 0.6) is 6.01 Å². The maximum absolute atomic E-state index is 5.11. The van der Waals surface area contributed by atoms with Crippen LogP contribution >= 0.6 is 0 Å². The molecule has 1 aromatic heterocycles. The van der Waals surface area contributed by atoms with Crippen LogP contribution in [0.15, 0.2) is 12.3 Å². The third-order valence-corrected chi connectivity index (χ3v) is 4.13. The molecule has 3 rings (SSSR count). The molecular weight excluding hydrogens is 228 g/mol. The number of piperidine rings is 1. The van der Waals surface area contributed by atoms with Gasteiger partial charge in [-0.3, -0.25) is 0 Å². The molecule has 5 nitrogen and oxygen atoms in total. The van der Waals surface area contributed by atoms with Gasteiger partial charge in [-0.25, -0.2) is 4.98 Å². The molecule has 2 saturated heterocycles. The van der Waals surface area contributed by atoms with E-state index in [4.69, 9.17) is 4.74 Å². The van der Waals surface area contributed by atoms with Crippen molar-refractivity contribution in [2.75, 3.05) is 38.7 Å². The molecule has 0 bridgehead atoms. The summed E-state index contributed by atoms with van der Waals surface area (Å²) in [6.07, 6.45) is 4.28. The predicted octanol–water partition coefficient (Wildman–Crippen LogP) is 1.02. The molecule has 3 heterocycles. The first-order chi connectivity index (χ1) is 8.78. The summed E-state index contributed by atoms with van der Waals surface area (Å²) >= 11 is 0. The van der Waals surface area contributed by atoms with Gasteiger partial charge in [0, 0.05) is 25.3 Å². The van der Waals surface area contributed by atoms with E-state index in [1.54, 1.807) is 13.3 Å². The summed E-state index contributed by atoms with van der Waals surface area (Å²) in [6, 6.07) is 3.09. The van der Waals surface area contributed by atoms with Gasteiger partial charge < -0.3 is 14.5 Å². The highest BCUT2D eigenvalue weighted by Gasteiger charge is 2.37. The molecule has 98 valence electrons. The van der Waals surface area contributed by atoms with Gasteiger partial charge in [0.15, 0.2) is 0 Å². The van der Waals surface area contributed by atoms with Crippen LogP contribution in [-0.2, 0) is 0 Å². The molecule has 0 spiro atoms. The van der Waals surface area contributed by atoms with Crippen molar-refractivity contribution in [1.29, 1.82) is 0 Å². The van der Waals surface area contributed by atoms with Crippen LogP contribution in [0.25, 0.3) is 0 Å². The van der Waals surface area contributed by atoms with E-state index in [2.05, 4.69) is 26.8 Å². The topological polar surface area (TPSA) is 41.5 Å². The van der Waals surface area contributed by atoms with E-state index in [-0.39, 0.29) is 0 Å². The standard InChI is InChI=1S/C13H20N4O/c1-16-7-5-11-10(9-16)4-8-17(11)12-3-6-14-13(15-12)18-2/h3,6,10-11H,4-5,7-9H2,1-2H3/t10-,11?/m1/s1. The first-order valence-corrected chi connectivity index (χ1v) is 6.60. The minimum atomic E-state index is 0.462. The number of likely N-dealkylation sites (tertiary alicyclic amines) is 1. The second kappa shape index (κ2) is 4.72. The Hall–Kier alpha value is -1.36. The van der Waals surface area contributed by atoms with Gasteiger partial charge in [0.1, 0.15) is 5.82 Å². The maximum Gasteiger partial charge on any atom is 0.318 e. The molecule has 1 aromatic rings. The monoisotopic (exact) mass is 248 g/mol. The molecule has 0 radical (unpaired) electrons. The van der Waals surface area contributed by atoms with Crippen LogP contribution in [0.2, 0.25) is 0 Å². The predicted molar refractivity (Wildman–Crippen MR) is 69.9 cm³/mol. The Morgan fingerprint density at radius 2 is 2.22 bits per heavy atom. The number of anilines is 1. The summed E-state index contributed by atoms with van der Waals surface area (Å²) in [5.41, 5.74) is 0.